The van der Waals surface area contributed by atoms with Gasteiger partial charge in [0.25, 0.3) is 0 Å². The van der Waals surface area contributed by atoms with Gasteiger partial charge in [-0.2, -0.15) is 0 Å². The maximum absolute atomic E-state index is 11.2. The average molecular weight is 377 g/mol. The molecule has 0 spiro atoms. The molecule has 144 valence electrons. The molecule has 28 heavy (non-hydrogen) atoms. The molecule has 0 aliphatic rings. The Kier molecular flexibility index (Phi) is 6.17. The molecule has 0 fully saturated rings. The molecule has 0 amide bonds. The number of aromatic carboxylic acids is 1. The van der Waals surface area contributed by atoms with Crippen LogP contribution in [0.3, 0.4) is 0 Å². The highest BCUT2D eigenvalue weighted by Crippen LogP contribution is 2.26. The summed E-state index contributed by atoms with van der Waals surface area (Å²) in [6.45, 7) is 3.08. The van der Waals surface area contributed by atoms with E-state index in [1.807, 2.05) is 36.4 Å². The fourth-order valence-electron chi connectivity index (χ4n) is 2.89. The number of carboxylic acids is 1. The molecule has 0 radical (unpaired) electrons. The molecule has 5 heteroatoms. The van der Waals surface area contributed by atoms with Crippen molar-refractivity contribution in [3.8, 4) is 11.5 Å². The third kappa shape index (κ3) is 5.04. The van der Waals surface area contributed by atoms with Crippen molar-refractivity contribution in [2.45, 2.75) is 20.1 Å². The van der Waals surface area contributed by atoms with Gasteiger partial charge in [0.15, 0.2) is 0 Å². The van der Waals surface area contributed by atoms with Crippen LogP contribution in [0.25, 0.3) is 0 Å². The molecule has 0 aliphatic heterocycles. The van der Waals surface area contributed by atoms with Crippen LogP contribution in [0.2, 0.25) is 0 Å². The van der Waals surface area contributed by atoms with Crippen molar-refractivity contribution >= 4 is 11.7 Å². The molecule has 3 rings (SSSR count). The molecular formula is C23H23NO4. The normalized spacial score (nSPS) is 10.4. The Morgan fingerprint density at radius 2 is 1.79 bits per heavy atom. The number of ether oxygens (including phenoxy) is 2. The first-order chi connectivity index (χ1) is 13.5. The van der Waals surface area contributed by atoms with E-state index in [2.05, 4.69) is 24.4 Å². The van der Waals surface area contributed by atoms with E-state index in [1.54, 1.807) is 19.2 Å². The summed E-state index contributed by atoms with van der Waals surface area (Å²) in [5.74, 6) is 0.404. The molecule has 0 atom stereocenters. The second-order valence-electron chi connectivity index (χ2n) is 6.50. The molecule has 5 nitrogen and oxygen atoms in total. The predicted octanol–water partition coefficient (Wildman–Crippen LogP) is 4.89. The molecule has 0 saturated heterocycles. The number of carboxylic acid groups (broad SMARTS) is 1. The van der Waals surface area contributed by atoms with E-state index >= 15 is 0 Å². The minimum Gasteiger partial charge on any atom is -0.495 e. The Morgan fingerprint density at radius 3 is 2.54 bits per heavy atom. The first-order valence-electron chi connectivity index (χ1n) is 8.97. The molecule has 0 bridgehead atoms. The topological polar surface area (TPSA) is 67.8 Å². The van der Waals surface area contributed by atoms with Gasteiger partial charge in [-0.1, -0.05) is 42.0 Å². The third-order valence-electron chi connectivity index (χ3n) is 4.32. The first kappa shape index (κ1) is 19.3. The average Bonchev–Trinajstić information content (AvgIpc) is 2.71. The van der Waals surface area contributed by atoms with E-state index in [1.165, 1.54) is 11.6 Å². The number of anilines is 1. The summed E-state index contributed by atoms with van der Waals surface area (Å²) in [6, 6.07) is 20.8. The van der Waals surface area contributed by atoms with Crippen molar-refractivity contribution in [1.82, 2.24) is 0 Å². The van der Waals surface area contributed by atoms with Crippen molar-refractivity contribution in [3.05, 3.63) is 89.0 Å². The summed E-state index contributed by atoms with van der Waals surface area (Å²) in [4.78, 5) is 11.2. The van der Waals surface area contributed by atoms with Crippen molar-refractivity contribution in [3.63, 3.8) is 0 Å². The summed E-state index contributed by atoms with van der Waals surface area (Å²) in [7, 11) is 1.56. The molecule has 3 aromatic carbocycles. The zero-order valence-electron chi connectivity index (χ0n) is 15.9. The van der Waals surface area contributed by atoms with Gasteiger partial charge in [-0.3, -0.25) is 0 Å². The van der Waals surface area contributed by atoms with E-state index in [-0.39, 0.29) is 5.56 Å². The maximum Gasteiger partial charge on any atom is 0.335 e. The Hall–Kier alpha value is -3.47. The monoisotopic (exact) mass is 377 g/mol. The highest BCUT2D eigenvalue weighted by Gasteiger charge is 2.09. The summed E-state index contributed by atoms with van der Waals surface area (Å²) < 4.78 is 11.2. The second-order valence-corrected chi connectivity index (χ2v) is 6.50. The first-order valence-corrected chi connectivity index (χ1v) is 8.97. The fourth-order valence-corrected chi connectivity index (χ4v) is 2.89. The lowest BCUT2D eigenvalue weighted by Gasteiger charge is -2.13. The zero-order valence-corrected chi connectivity index (χ0v) is 15.9. The number of rotatable bonds is 8. The molecule has 0 heterocycles. The van der Waals surface area contributed by atoms with Crippen molar-refractivity contribution in [2.75, 3.05) is 12.4 Å². The number of hydrogen-bond donors (Lipinski definition) is 2. The van der Waals surface area contributed by atoms with Crippen LogP contribution in [0.4, 0.5) is 5.69 Å². The third-order valence-corrected chi connectivity index (χ3v) is 4.32. The predicted molar refractivity (Wildman–Crippen MR) is 109 cm³/mol. The van der Waals surface area contributed by atoms with Gasteiger partial charge in [0.2, 0.25) is 0 Å². The number of hydrogen-bond acceptors (Lipinski definition) is 4. The summed E-state index contributed by atoms with van der Waals surface area (Å²) in [5, 5.41) is 12.4. The van der Waals surface area contributed by atoms with Crippen LogP contribution in [0.1, 0.15) is 27.0 Å². The standard InChI is InChI=1S/C23H23NO4/c1-16-5-3-7-18(11-16)15-28-20-8-4-6-17(12-20)14-24-21-13-19(23(25)26)9-10-22(21)27-2/h3-13,24H,14-15H2,1-2H3,(H,25,26). The summed E-state index contributed by atoms with van der Waals surface area (Å²) >= 11 is 0. The molecule has 2 N–H and O–H groups in total. The summed E-state index contributed by atoms with van der Waals surface area (Å²) in [5.41, 5.74) is 4.19. The van der Waals surface area contributed by atoms with Gasteiger partial charge < -0.3 is 19.9 Å². The van der Waals surface area contributed by atoms with Crippen molar-refractivity contribution in [2.24, 2.45) is 0 Å². The zero-order chi connectivity index (χ0) is 19.9. The van der Waals surface area contributed by atoms with Crippen LogP contribution < -0.4 is 14.8 Å². The highest BCUT2D eigenvalue weighted by atomic mass is 16.5. The SMILES string of the molecule is COc1ccc(C(=O)O)cc1NCc1cccc(OCc2cccc(C)c2)c1. The van der Waals surface area contributed by atoms with Crippen LogP contribution in [0, 0.1) is 6.92 Å². The van der Waals surface area contributed by atoms with Gasteiger partial charge in [-0.25, -0.2) is 4.79 Å². The second kappa shape index (κ2) is 8.95. The van der Waals surface area contributed by atoms with Gasteiger partial charge in [0.1, 0.15) is 18.1 Å². The van der Waals surface area contributed by atoms with Gasteiger partial charge in [0.05, 0.1) is 18.4 Å². The van der Waals surface area contributed by atoms with Crippen LogP contribution in [-0.2, 0) is 13.2 Å². The lowest BCUT2D eigenvalue weighted by atomic mass is 10.1. The molecular weight excluding hydrogens is 354 g/mol. The molecule has 0 unspecified atom stereocenters. The number of carbonyl (C=O) groups is 1. The maximum atomic E-state index is 11.2. The number of nitrogens with one attached hydrogen (secondary N) is 1. The van der Waals surface area contributed by atoms with Crippen molar-refractivity contribution in [1.29, 1.82) is 0 Å². The van der Waals surface area contributed by atoms with Crippen molar-refractivity contribution < 1.29 is 19.4 Å². The summed E-state index contributed by atoms with van der Waals surface area (Å²) in [6.07, 6.45) is 0. The highest BCUT2D eigenvalue weighted by molar-refractivity contribution is 5.89. The number of methoxy groups -OCH3 is 1. The Morgan fingerprint density at radius 1 is 1.00 bits per heavy atom. The lowest BCUT2D eigenvalue weighted by Crippen LogP contribution is -2.04. The van der Waals surface area contributed by atoms with E-state index < -0.39 is 5.97 Å². The fraction of sp³-hybridized carbons (Fsp3) is 0.174. The number of benzene rings is 3. The van der Waals surface area contributed by atoms with Gasteiger partial charge in [-0.15, -0.1) is 0 Å². The van der Waals surface area contributed by atoms with Gasteiger partial charge in [0, 0.05) is 6.54 Å². The van der Waals surface area contributed by atoms with Crippen LogP contribution in [0.15, 0.2) is 66.7 Å². The smallest absolute Gasteiger partial charge is 0.335 e. The van der Waals surface area contributed by atoms with Crippen LogP contribution >= 0.6 is 0 Å². The minimum absolute atomic E-state index is 0.207. The number of aryl methyl sites for hydroxylation is 1. The molecule has 0 aromatic heterocycles. The minimum atomic E-state index is -0.975. The van der Waals surface area contributed by atoms with Crippen LogP contribution in [-0.4, -0.2) is 18.2 Å². The molecule has 0 aliphatic carbocycles. The van der Waals surface area contributed by atoms with E-state index in [0.717, 1.165) is 16.9 Å². The lowest BCUT2D eigenvalue weighted by molar-refractivity contribution is 0.0697. The Balaban J connectivity index is 1.66. The van der Waals surface area contributed by atoms with Crippen LogP contribution in [0.5, 0.6) is 11.5 Å². The molecule has 3 aromatic rings. The Labute approximate surface area is 164 Å². The molecule has 0 saturated carbocycles. The van der Waals surface area contributed by atoms with Gasteiger partial charge in [-0.05, 0) is 48.4 Å². The quantitative estimate of drug-likeness (QED) is 0.585. The Bertz CT molecular complexity index is 968. The van der Waals surface area contributed by atoms with E-state index in [4.69, 9.17) is 9.47 Å². The van der Waals surface area contributed by atoms with E-state index in [9.17, 15) is 9.90 Å². The van der Waals surface area contributed by atoms with Gasteiger partial charge >= 0.3 is 5.97 Å². The largest absolute Gasteiger partial charge is 0.495 e. The van der Waals surface area contributed by atoms with E-state index in [0.29, 0.717) is 24.6 Å².